The number of unbranched alkanes of at least 4 members (excludes halogenated alkanes) is 4. The maximum atomic E-state index is 11.1. The summed E-state index contributed by atoms with van der Waals surface area (Å²) in [4.78, 5) is 11.1. The Morgan fingerprint density at radius 2 is 2.05 bits per heavy atom. The SMILES string of the molecule is CCCCCCCC(Br)Oc1cccc(C(N)=O)c1. The Hall–Kier alpha value is -1.03. The van der Waals surface area contributed by atoms with Crippen molar-refractivity contribution in [1.29, 1.82) is 0 Å². The zero-order chi connectivity index (χ0) is 14.1. The molecule has 0 fully saturated rings. The van der Waals surface area contributed by atoms with Gasteiger partial charge >= 0.3 is 0 Å². The molecule has 0 aliphatic rings. The maximum absolute atomic E-state index is 11.1. The molecule has 0 spiro atoms. The summed E-state index contributed by atoms with van der Waals surface area (Å²) in [5.74, 6) is 0.239. The molecule has 0 heterocycles. The van der Waals surface area contributed by atoms with E-state index in [1.54, 1.807) is 18.2 Å². The largest absolute Gasteiger partial charge is 0.479 e. The van der Waals surface area contributed by atoms with E-state index in [-0.39, 0.29) is 5.01 Å². The monoisotopic (exact) mass is 327 g/mol. The zero-order valence-electron chi connectivity index (χ0n) is 11.4. The quantitative estimate of drug-likeness (QED) is 0.544. The highest BCUT2D eigenvalue weighted by Gasteiger charge is 2.07. The van der Waals surface area contributed by atoms with Crippen LogP contribution in [0.2, 0.25) is 0 Å². The molecule has 0 aliphatic heterocycles. The molecule has 2 N–H and O–H groups in total. The molecule has 106 valence electrons. The van der Waals surface area contributed by atoms with Crippen LogP contribution in [0.15, 0.2) is 24.3 Å². The van der Waals surface area contributed by atoms with Crippen molar-refractivity contribution in [2.45, 2.75) is 50.5 Å². The lowest BCUT2D eigenvalue weighted by molar-refractivity contribution is 0.0999. The van der Waals surface area contributed by atoms with Crippen molar-refractivity contribution in [1.82, 2.24) is 0 Å². The molecule has 1 amide bonds. The van der Waals surface area contributed by atoms with Crippen LogP contribution in [0.5, 0.6) is 5.75 Å². The molecule has 0 saturated heterocycles. The third kappa shape index (κ3) is 6.62. The van der Waals surface area contributed by atoms with Gasteiger partial charge in [-0.05, 0) is 47.0 Å². The predicted molar refractivity (Wildman–Crippen MR) is 81.7 cm³/mol. The first-order valence-corrected chi connectivity index (χ1v) is 7.75. The molecule has 1 rings (SSSR count). The lowest BCUT2D eigenvalue weighted by atomic mass is 10.1. The Morgan fingerprint density at radius 3 is 2.74 bits per heavy atom. The Morgan fingerprint density at radius 1 is 1.32 bits per heavy atom. The number of amides is 1. The van der Waals surface area contributed by atoms with E-state index in [0.29, 0.717) is 11.3 Å². The molecule has 0 radical (unpaired) electrons. The van der Waals surface area contributed by atoms with Gasteiger partial charge in [-0.15, -0.1) is 0 Å². The Balaban J connectivity index is 2.33. The molecular weight excluding hydrogens is 306 g/mol. The lowest BCUT2D eigenvalue weighted by Crippen LogP contribution is -2.12. The van der Waals surface area contributed by atoms with E-state index in [0.717, 1.165) is 12.8 Å². The second-order valence-electron chi connectivity index (χ2n) is 4.62. The molecule has 0 bridgehead atoms. The second-order valence-corrected chi connectivity index (χ2v) is 5.64. The molecule has 19 heavy (non-hydrogen) atoms. The molecule has 3 nitrogen and oxygen atoms in total. The molecular formula is C15H22BrNO2. The van der Waals surface area contributed by atoms with E-state index in [2.05, 4.69) is 22.9 Å². The fraction of sp³-hybridized carbons (Fsp3) is 0.533. The molecule has 1 atom stereocenters. The van der Waals surface area contributed by atoms with Gasteiger partial charge in [0.05, 0.1) is 0 Å². The smallest absolute Gasteiger partial charge is 0.248 e. The molecule has 1 unspecified atom stereocenters. The van der Waals surface area contributed by atoms with E-state index in [9.17, 15) is 4.79 Å². The van der Waals surface area contributed by atoms with Gasteiger partial charge in [0, 0.05) is 5.56 Å². The number of rotatable bonds is 9. The normalized spacial score (nSPS) is 12.1. The van der Waals surface area contributed by atoms with E-state index in [1.165, 1.54) is 25.7 Å². The van der Waals surface area contributed by atoms with Gasteiger partial charge in [-0.3, -0.25) is 4.79 Å². The minimum absolute atomic E-state index is 0.0164. The number of hydrogen-bond donors (Lipinski definition) is 1. The predicted octanol–water partition coefficient (Wildman–Crippen LogP) is 4.25. The summed E-state index contributed by atoms with van der Waals surface area (Å²) in [7, 11) is 0. The number of benzene rings is 1. The van der Waals surface area contributed by atoms with Gasteiger partial charge in [0.15, 0.2) is 5.01 Å². The summed E-state index contributed by atoms with van der Waals surface area (Å²) in [5, 5.41) is -0.0164. The summed E-state index contributed by atoms with van der Waals surface area (Å²) in [6.07, 6.45) is 7.19. The second kappa shape index (κ2) is 8.97. The summed E-state index contributed by atoms with van der Waals surface area (Å²) < 4.78 is 5.72. The zero-order valence-corrected chi connectivity index (χ0v) is 13.0. The maximum Gasteiger partial charge on any atom is 0.248 e. The van der Waals surface area contributed by atoms with E-state index < -0.39 is 5.91 Å². The van der Waals surface area contributed by atoms with Crippen molar-refractivity contribution in [3.8, 4) is 5.75 Å². The van der Waals surface area contributed by atoms with Crippen LogP contribution in [0.4, 0.5) is 0 Å². The van der Waals surface area contributed by atoms with Crippen LogP contribution in [0.3, 0.4) is 0 Å². The number of nitrogens with two attached hydrogens (primary N) is 1. The minimum atomic E-state index is -0.434. The summed E-state index contributed by atoms with van der Waals surface area (Å²) in [5.41, 5.74) is 5.71. The number of ether oxygens (including phenoxy) is 1. The van der Waals surface area contributed by atoms with Crippen molar-refractivity contribution >= 4 is 21.8 Å². The molecule has 4 heteroatoms. The first-order valence-electron chi connectivity index (χ1n) is 6.84. The fourth-order valence-electron chi connectivity index (χ4n) is 1.84. The van der Waals surface area contributed by atoms with Crippen molar-refractivity contribution in [3.05, 3.63) is 29.8 Å². The molecule has 0 saturated carbocycles. The standard InChI is InChI=1S/C15H22BrNO2/c1-2-3-4-5-6-10-14(16)19-13-9-7-8-12(11-13)15(17)18/h7-9,11,14H,2-6,10H2,1H3,(H2,17,18). The number of carbonyl (C=O) groups excluding carboxylic acids is 1. The van der Waals surface area contributed by atoms with Crippen LogP contribution in [-0.4, -0.2) is 10.9 Å². The highest BCUT2D eigenvalue weighted by Crippen LogP contribution is 2.20. The fourth-order valence-corrected chi connectivity index (χ4v) is 2.38. The van der Waals surface area contributed by atoms with E-state index in [1.807, 2.05) is 6.07 Å². The molecule has 0 aromatic heterocycles. The first kappa shape index (κ1) is 16.0. The lowest BCUT2D eigenvalue weighted by Gasteiger charge is -2.13. The van der Waals surface area contributed by atoms with Crippen molar-refractivity contribution in [2.75, 3.05) is 0 Å². The highest BCUT2D eigenvalue weighted by atomic mass is 79.9. The average molecular weight is 328 g/mol. The molecule has 0 aliphatic carbocycles. The Kier molecular flexibility index (Phi) is 7.56. The third-order valence-corrected chi connectivity index (χ3v) is 3.56. The van der Waals surface area contributed by atoms with E-state index in [4.69, 9.17) is 10.5 Å². The number of primary amides is 1. The van der Waals surface area contributed by atoms with Gasteiger partial charge in [-0.25, -0.2) is 0 Å². The summed E-state index contributed by atoms with van der Waals surface area (Å²) >= 11 is 3.51. The Bertz CT molecular complexity index is 395. The van der Waals surface area contributed by atoms with Crippen LogP contribution < -0.4 is 10.5 Å². The summed E-state index contributed by atoms with van der Waals surface area (Å²) in [6.45, 7) is 2.21. The van der Waals surface area contributed by atoms with Crippen LogP contribution in [-0.2, 0) is 0 Å². The van der Waals surface area contributed by atoms with Crippen LogP contribution in [0.1, 0.15) is 55.8 Å². The van der Waals surface area contributed by atoms with Crippen LogP contribution in [0, 0.1) is 0 Å². The topological polar surface area (TPSA) is 52.3 Å². The summed E-state index contributed by atoms with van der Waals surface area (Å²) in [6, 6.07) is 6.96. The van der Waals surface area contributed by atoms with Gasteiger partial charge in [0.25, 0.3) is 0 Å². The number of alkyl halides is 1. The van der Waals surface area contributed by atoms with Gasteiger partial charge in [0.2, 0.25) is 5.91 Å². The van der Waals surface area contributed by atoms with Crippen LogP contribution in [0.25, 0.3) is 0 Å². The highest BCUT2D eigenvalue weighted by molar-refractivity contribution is 9.09. The van der Waals surface area contributed by atoms with Gasteiger partial charge in [-0.2, -0.15) is 0 Å². The van der Waals surface area contributed by atoms with Crippen molar-refractivity contribution in [2.24, 2.45) is 5.73 Å². The van der Waals surface area contributed by atoms with Gasteiger partial charge in [-0.1, -0.05) is 38.7 Å². The van der Waals surface area contributed by atoms with Gasteiger partial charge in [0.1, 0.15) is 5.75 Å². The van der Waals surface area contributed by atoms with Crippen LogP contribution >= 0.6 is 15.9 Å². The Labute approximate surface area is 123 Å². The van der Waals surface area contributed by atoms with Crippen molar-refractivity contribution in [3.63, 3.8) is 0 Å². The number of halogens is 1. The minimum Gasteiger partial charge on any atom is -0.479 e. The molecule has 1 aromatic carbocycles. The van der Waals surface area contributed by atoms with Gasteiger partial charge < -0.3 is 10.5 Å². The van der Waals surface area contributed by atoms with Crippen molar-refractivity contribution < 1.29 is 9.53 Å². The van der Waals surface area contributed by atoms with E-state index >= 15 is 0 Å². The molecule has 1 aromatic rings. The third-order valence-electron chi connectivity index (χ3n) is 2.92. The first-order chi connectivity index (χ1) is 9.13. The average Bonchev–Trinajstić information content (AvgIpc) is 2.38. The number of hydrogen-bond acceptors (Lipinski definition) is 2. The number of carbonyl (C=O) groups is 1.